The number of halogens is 1. The third kappa shape index (κ3) is 2.84. The van der Waals surface area contributed by atoms with E-state index in [0.29, 0.717) is 18.7 Å². The van der Waals surface area contributed by atoms with Crippen LogP contribution >= 0.6 is 12.2 Å². The number of hydrogen-bond acceptors (Lipinski definition) is 3. The van der Waals surface area contributed by atoms with E-state index in [1.807, 2.05) is 4.90 Å². The standard InChI is InChI=1S/C14H17FN4OS/c15-12-2-1-9(5-11(12)13(16)21)7-18-3-4-19-10(8-18)6-17-14(19)20/h1-2,5,10H,3-4,6-8H2,(H2,16,21)(H,17,20). The molecule has 0 bridgehead atoms. The van der Waals surface area contributed by atoms with Crippen molar-refractivity contribution in [2.75, 3.05) is 26.2 Å². The van der Waals surface area contributed by atoms with E-state index in [2.05, 4.69) is 10.2 Å². The summed E-state index contributed by atoms with van der Waals surface area (Å²) >= 11 is 4.86. The number of fused-ring (bicyclic) bond motifs is 1. The highest BCUT2D eigenvalue weighted by atomic mass is 32.1. The average Bonchev–Trinajstić information content (AvgIpc) is 2.82. The highest BCUT2D eigenvalue weighted by Gasteiger charge is 2.35. The largest absolute Gasteiger partial charge is 0.389 e. The first-order valence-corrected chi connectivity index (χ1v) is 7.30. The molecule has 1 aromatic carbocycles. The molecule has 112 valence electrons. The summed E-state index contributed by atoms with van der Waals surface area (Å²) < 4.78 is 13.6. The zero-order chi connectivity index (χ0) is 15.0. The van der Waals surface area contributed by atoms with Gasteiger partial charge in [0.2, 0.25) is 0 Å². The Morgan fingerprint density at radius 3 is 3.05 bits per heavy atom. The van der Waals surface area contributed by atoms with Gasteiger partial charge in [0.25, 0.3) is 0 Å². The maximum Gasteiger partial charge on any atom is 0.317 e. The van der Waals surface area contributed by atoms with Gasteiger partial charge in [0.1, 0.15) is 10.8 Å². The molecule has 1 atom stereocenters. The molecular weight excluding hydrogens is 291 g/mol. The molecule has 1 aromatic rings. The predicted molar refractivity (Wildman–Crippen MR) is 81.5 cm³/mol. The number of thiocarbonyl (C=S) groups is 1. The molecule has 0 aromatic heterocycles. The molecule has 2 aliphatic heterocycles. The van der Waals surface area contributed by atoms with Gasteiger partial charge < -0.3 is 16.0 Å². The maximum atomic E-state index is 13.6. The summed E-state index contributed by atoms with van der Waals surface area (Å²) in [6.45, 7) is 3.74. The molecule has 2 saturated heterocycles. The van der Waals surface area contributed by atoms with Crippen molar-refractivity contribution in [3.05, 3.63) is 35.1 Å². The number of piperazine rings is 1. The summed E-state index contributed by atoms with van der Waals surface area (Å²) in [5.74, 6) is -0.387. The van der Waals surface area contributed by atoms with Crippen molar-refractivity contribution in [2.45, 2.75) is 12.6 Å². The molecule has 21 heavy (non-hydrogen) atoms. The second-order valence-electron chi connectivity index (χ2n) is 5.45. The quantitative estimate of drug-likeness (QED) is 0.806. The molecular formula is C14H17FN4OS. The number of nitrogens with zero attached hydrogens (tertiary/aromatic N) is 2. The van der Waals surface area contributed by atoms with E-state index >= 15 is 0 Å². The minimum Gasteiger partial charge on any atom is -0.389 e. The Morgan fingerprint density at radius 1 is 1.48 bits per heavy atom. The van der Waals surface area contributed by atoms with E-state index in [1.165, 1.54) is 6.07 Å². The minimum absolute atomic E-state index is 0.0252. The molecule has 2 aliphatic rings. The van der Waals surface area contributed by atoms with Crippen molar-refractivity contribution in [2.24, 2.45) is 5.73 Å². The van der Waals surface area contributed by atoms with Crippen molar-refractivity contribution >= 4 is 23.2 Å². The lowest BCUT2D eigenvalue weighted by Gasteiger charge is -2.36. The normalized spacial score (nSPS) is 22.0. The average molecular weight is 308 g/mol. The van der Waals surface area contributed by atoms with Gasteiger partial charge in [-0.2, -0.15) is 0 Å². The number of rotatable bonds is 3. The van der Waals surface area contributed by atoms with Crippen LogP contribution in [0.4, 0.5) is 9.18 Å². The molecule has 0 spiro atoms. The number of benzene rings is 1. The second-order valence-corrected chi connectivity index (χ2v) is 5.89. The predicted octanol–water partition coefficient (Wildman–Crippen LogP) is 0.669. The molecule has 2 heterocycles. The maximum absolute atomic E-state index is 13.6. The Balaban J connectivity index is 1.69. The van der Waals surface area contributed by atoms with Gasteiger partial charge >= 0.3 is 6.03 Å². The molecule has 1 unspecified atom stereocenters. The van der Waals surface area contributed by atoms with Crippen LogP contribution in [0.15, 0.2) is 18.2 Å². The van der Waals surface area contributed by atoms with Gasteiger partial charge in [0, 0.05) is 38.3 Å². The van der Waals surface area contributed by atoms with Gasteiger partial charge in [-0.05, 0) is 17.7 Å². The Hall–Kier alpha value is -1.73. The van der Waals surface area contributed by atoms with Crippen LogP contribution in [0.3, 0.4) is 0 Å². The molecule has 7 heteroatoms. The van der Waals surface area contributed by atoms with Crippen LogP contribution in [0.2, 0.25) is 0 Å². The topological polar surface area (TPSA) is 61.6 Å². The van der Waals surface area contributed by atoms with Crippen LogP contribution in [0, 0.1) is 5.82 Å². The van der Waals surface area contributed by atoms with Gasteiger partial charge in [-0.15, -0.1) is 0 Å². The van der Waals surface area contributed by atoms with Crippen molar-refractivity contribution in [1.82, 2.24) is 15.1 Å². The lowest BCUT2D eigenvalue weighted by atomic mass is 10.1. The SMILES string of the molecule is NC(=S)c1cc(CN2CCN3C(=O)NCC3C2)ccc1F. The summed E-state index contributed by atoms with van der Waals surface area (Å²) in [6, 6.07) is 5.11. The van der Waals surface area contributed by atoms with E-state index in [0.717, 1.165) is 25.2 Å². The van der Waals surface area contributed by atoms with Crippen molar-refractivity contribution < 1.29 is 9.18 Å². The van der Waals surface area contributed by atoms with Gasteiger partial charge in [-0.25, -0.2) is 9.18 Å². The molecule has 0 radical (unpaired) electrons. The summed E-state index contributed by atoms with van der Waals surface area (Å²) in [5, 5.41) is 2.85. The lowest BCUT2D eigenvalue weighted by Crippen LogP contribution is -2.51. The number of hydrogen-bond donors (Lipinski definition) is 2. The summed E-state index contributed by atoms with van der Waals surface area (Å²) in [4.78, 5) is 15.8. The van der Waals surface area contributed by atoms with E-state index in [4.69, 9.17) is 18.0 Å². The zero-order valence-corrected chi connectivity index (χ0v) is 12.3. The number of carbonyl (C=O) groups excluding carboxylic acids is 1. The van der Waals surface area contributed by atoms with E-state index in [9.17, 15) is 9.18 Å². The van der Waals surface area contributed by atoms with Crippen LogP contribution in [-0.2, 0) is 6.54 Å². The lowest BCUT2D eigenvalue weighted by molar-refractivity contribution is 0.116. The van der Waals surface area contributed by atoms with Gasteiger partial charge in [-0.3, -0.25) is 4.90 Å². The first-order chi connectivity index (χ1) is 10.0. The molecule has 2 fully saturated rings. The van der Waals surface area contributed by atoms with Crippen LogP contribution < -0.4 is 11.1 Å². The van der Waals surface area contributed by atoms with Crippen LogP contribution in [-0.4, -0.2) is 53.0 Å². The number of nitrogens with two attached hydrogens (primary N) is 1. The van der Waals surface area contributed by atoms with Crippen molar-refractivity contribution in [3.63, 3.8) is 0 Å². The summed E-state index contributed by atoms with van der Waals surface area (Å²) in [7, 11) is 0. The van der Waals surface area contributed by atoms with Gasteiger partial charge in [-0.1, -0.05) is 18.3 Å². The Morgan fingerprint density at radius 2 is 2.29 bits per heavy atom. The molecule has 0 saturated carbocycles. The van der Waals surface area contributed by atoms with Crippen molar-refractivity contribution in [3.8, 4) is 0 Å². The highest BCUT2D eigenvalue weighted by molar-refractivity contribution is 7.80. The van der Waals surface area contributed by atoms with E-state index in [-0.39, 0.29) is 22.9 Å². The summed E-state index contributed by atoms with van der Waals surface area (Å²) in [5.41, 5.74) is 6.79. The molecule has 2 amide bonds. The first kappa shape index (κ1) is 14.2. The fourth-order valence-electron chi connectivity index (χ4n) is 2.93. The van der Waals surface area contributed by atoms with Gasteiger partial charge in [0.15, 0.2) is 0 Å². The zero-order valence-electron chi connectivity index (χ0n) is 11.5. The minimum atomic E-state index is -0.387. The smallest absolute Gasteiger partial charge is 0.317 e. The fourth-order valence-corrected chi connectivity index (χ4v) is 3.09. The Bertz CT molecular complexity index is 594. The monoisotopic (exact) mass is 308 g/mol. The van der Waals surface area contributed by atoms with Crippen LogP contribution in [0.5, 0.6) is 0 Å². The third-order valence-electron chi connectivity index (χ3n) is 4.02. The van der Waals surface area contributed by atoms with E-state index < -0.39 is 0 Å². The van der Waals surface area contributed by atoms with Crippen LogP contribution in [0.1, 0.15) is 11.1 Å². The number of amides is 2. The van der Waals surface area contributed by atoms with Gasteiger partial charge in [0.05, 0.1) is 6.04 Å². The number of carbonyl (C=O) groups is 1. The molecule has 0 aliphatic carbocycles. The fraction of sp³-hybridized carbons (Fsp3) is 0.429. The number of urea groups is 1. The molecule has 3 N–H and O–H groups in total. The second kappa shape index (κ2) is 5.57. The molecule has 5 nitrogen and oxygen atoms in total. The third-order valence-corrected chi connectivity index (χ3v) is 4.24. The Kier molecular flexibility index (Phi) is 3.77. The highest BCUT2D eigenvalue weighted by Crippen LogP contribution is 2.18. The first-order valence-electron chi connectivity index (χ1n) is 6.89. The Labute approximate surface area is 127 Å². The van der Waals surface area contributed by atoms with Crippen molar-refractivity contribution in [1.29, 1.82) is 0 Å². The van der Waals surface area contributed by atoms with E-state index in [1.54, 1.807) is 12.1 Å². The molecule has 3 rings (SSSR count). The summed E-state index contributed by atoms with van der Waals surface area (Å²) in [6.07, 6.45) is 0. The van der Waals surface area contributed by atoms with Crippen LogP contribution in [0.25, 0.3) is 0 Å². The number of nitrogens with one attached hydrogen (secondary N) is 1.